The maximum atomic E-state index is 12.2. The van der Waals surface area contributed by atoms with Crippen LogP contribution in [0.15, 0.2) is 48.5 Å². The van der Waals surface area contributed by atoms with Gasteiger partial charge in [-0.25, -0.2) is 0 Å². The summed E-state index contributed by atoms with van der Waals surface area (Å²) in [6, 6.07) is 12.6. The Hall–Kier alpha value is -3.95. The van der Waals surface area contributed by atoms with Crippen molar-refractivity contribution in [1.82, 2.24) is 5.32 Å². The van der Waals surface area contributed by atoms with E-state index in [2.05, 4.69) is 16.0 Å². The smallest absolute Gasteiger partial charge is 0.269 e. The molecule has 0 aliphatic heterocycles. The molecule has 30 heavy (non-hydrogen) atoms. The number of carbonyl (C=O) groups is 3. The Morgan fingerprint density at radius 1 is 0.967 bits per heavy atom. The van der Waals surface area contributed by atoms with Gasteiger partial charge in [-0.1, -0.05) is 12.1 Å². The second kappa shape index (κ2) is 11.1. The van der Waals surface area contributed by atoms with Crippen molar-refractivity contribution in [1.29, 1.82) is 0 Å². The van der Waals surface area contributed by atoms with Crippen LogP contribution in [0.3, 0.4) is 0 Å². The highest BCUT2D eigenvalue weighted by Crippen LogP contribution is 2.17. The summed E-state index contributed by atoms with van der Waals surface area (Å²) in [5.41, 5.74) is 6.45. The van der Waals surface area contributed by atoms with Crippen molar-refractivity contribution in [2.75, 3.05) is 23.7 Å². The van der Waals surface area contributed by atoms with Crippen LogP contribution in [-0.2, 0) is 9.59 Å². The van der Waals surface area contributed by atoms with E-state index in [9.17, 15) is 24.5 Å². The molecule has 0 saturated carbocycles. The van der Waals surface area contributed by atoms with Gasteiger partial charge in [0.1, 0.15) is 0 Å². The third-order valence-corrected chi connectivity index (χ3v) is 4.09. The number of nitro benzene ring substituents is 1. The van der Waals surface area contributed by atoms with E-state index in [0.717, 1.165) is 5.69 Å². The SMILES string of the molecule is NC(=O)CCNC(=O)c1ccccc1NC(=O)CCCNc1ccc([N+](=O)[O-])cc1. The minimum Gasteiger partial charge on any atom is -0.385 e. The van der Waals surface area contributed by atoms with Crippen molar-refractivity contribution in [2.45, 2.75) is 19.3 Å². The number of rotatable bonds is 11. The summed E-state index contributed by atoms with van der Waals surface area (Å²) in [5.74, 6) is -1.18. The summed E-state index contributed by atoms with van der Waals surface area (Å²) in [6.07, 6.45) is 0.773. The molecule has 0 bridgehead atoms. The van der Waals surface area contributed by atoms with Crippen LogP contribution in [0.2, 0.25) is 0 Å². The summed E-state index contributed by atoms with van der Waals surface area (Å²) in [7, 11) is 0. The predicted octanol–water partition coefficient (Wildman–Crippen LogP) is 2.03. The molecule has 2 rings (SSSR count). The Kier molecular flexibility index (Phi) is 8.30. The van der Waals surface area contributed by atoms with Gasteiger partial charge in [0.15, 0.2) is 0 Å². The lowest BCUT2D eigenvalue weighted by atomic mass is 10.1. The molecule has 0 saturated heterocycles. The molecule has 0 fully saturated rings. The first kappa shape index (κ1) is 22.3. The number of hydrogen-bond donors (Lipinski definition) is 4. The standard InChI is InChI=1S/C20H23N5O5/c21-18(26)11-13-23-20(28)16-4-1-2-5-17(16)24-19(27)6-3-12-22-14-7-9-15(10-8-14)25(29)30/h1-2,4-5,7-10,22H,3,6,11-13H2,(H2,21,26)(H,23,28)(H,24,27). The first-order chi connectivity index (χ1) is 14.4. The molecule has 5 N–H and O–H groups in total. The minimum atomic E-state index is -0.515. The Morgan fingerprint density at radius 2 is 1.67 bits per heavy atom. The number of para-hydroxylation sites is 1. The first-order valence-electron chi connectivity index (χ1n) is 9.30. The second-order valence-corrected chi connectivity index (χ2v) is 6.40. The fourth-order valence-electron chi connectivity index (χ4n) is 2.58. The van der Waals surface area contributed by atoms with Gasteiger partial charge in [-0.3, -0.25) is 24.5 Å². The lowest BCUT2D eigenvalue weighted by Crippen LogP contribution is -2.28. The lowest BCUT2D eigenvalue weighted by molar-refractivity contribution is -0.384. The number of nitrogens with zero attached hydrogens (tertiary/aromatic N) is 1. The third-order valence-electron chi connectivity index (χ3n) is 4.09. The van der Waals surface area contributed by atoms with Gasteiger partial charge in [0, 0.05) is 43.8 Å². The molecule has 0 aromatic heterocycles. The van der Waals surface area contributed by atoms with Crippen molar-refractivity contribution in [3.05, 3.63) is 64.2 Å². The molecule has 2 aromatic carbocycles. The zero-order chi connectivity index (χ0) is 21.9. The number of nitrogens with two attached hydrogens (primary N) is 1. The normalized spacial score (nSPS) is 10.1. The number of non-ortho nitro benzene ring substituents is 1. The lowest BCUT2D eigenvalue weighted by Gasteiger charge is -2.11. The number of amides is 3. The van der Waals surface area contributed by atoms with Crippen molar-refractivity contribution in [3.63, 3.8) is 0 Å². The largest absolute Gasteiger partial charge is 0.385 e. The van der Waals surface area contributed by atoms with Crippen molar-refractivity contribution >= 4 is 34.8 Å². The quantitative estimate of drug-likeness (QED) is 0.251. The summed E-state index contributed by atoms with van der Waals surface area (Å²) in [5, 5.41) is 19.0. The Morgan fingerprint density at radius 3 is 2.33 bits per heavy atom. The molecule has 0 aliphatic carbocycles. The zero-order valence-electron chi connectivity index (χ0n) is 16.2. The Bertz CT molecular complexity index is 914. The van der Waals surface area contributed by atoms with Gasteiger partial charge in [0.05, 0.1) is 16.2 Å². The van der Waals surface area contributed by atoms with Crippen LogP contribution in [0.5, 0.6) is 0 Å². The van der Waals surface area contributed by atoms with Crippen LogP contribution in [0.25, 0.3) is 0 Å². The monoisotopic (exact) mass is 413 g/mol. The molecular formula is C20H23N5O5. The number of nitro groups is 1. The Balaban J connectivity index is 1.80. The third kappa shape index (κ3) is 7.23. The van der Waals surface area contributed by atoms with Crippen LogP contribution >= 0.6 is 0 Å². The molecule has 3 amide bonds. The number of hydrogen-bond acceptors (Lipinski definition) is 6. The second-order valence-electron chi connectivity index (χ2n) is 6.40. The van der Waals surface area contributed by atoms with E-state index in [1.165, 1.54) is 12.1 Å². The van der Waals surface area contributed by atoms with Gasteiger partial charge < -0.3 is 21.7 Å². The topological polar surface area (TPSA) is 156 Å². The zero-order valence-corrected chi connectivity index (χ0v) is 16.2. The summed E-state index contributed by atoms with van der Waals surface area (Å²) >= 11 is 0. The molecule has 2 aromatic rings. The molecule has 0 spiro atoms. The van der Waals surface area contributed by atoms with Crippen LogP contribution in [0.1, 0.15) is 29.6 Å². The van der Waals surface area contributed by atoms with E-state index < -0.39 is 16.7 Å². The number of nitrogens with one attached hydrogen (secondary N) is 3. The molecule has 0 radical (unpaired) electrons. The van der Waals surface area contributed by atoms with E-state index in [-0.39, 0.29) is 31.0 Å². The van der Waals surface area contributed by atoms with Gasteiger partial charge >= 0.3 is 0 Å². The average Bonchev–Trinajstić information content (AvgIpc) is 2.71. The highest BCUT2D eigenvalue weighted by molar-refractivity contribution is 6.03. The van der Waals surface area contributed by atoms with E-state index in [1.807, 2.05) is 0 Å². The molecule has 0 aliphatic rings. The van der Waals surface area contributed by atoms with Crippen LogP contribution in [0, 0.1) is 10.1 Å². The van der Waals surface area contributed by atoms with Gasteiger partial charge in [0.25, 0.3) is 11.6 Å². The molecule has 10 nitrogen and oxygen atoms in total. The molecule has 0 atom stereocenters. The van der Waals surface area contributed by atoms with Crippen LogP contribution in [-0.4, -0.2) is 35.7 Å². The minimum absolute atomic E-state index is 0.0113. The molecule has 0 unspecified atom stereocenters. The maximum Gasteiger partial charge on any atom is 0.269 e. The fourth-order valence-corrected chi connectivity index (χ4v) is 2.58. The molecular weight excluding hydrogens is 390 g/mol. The highest BCUT2D eigenvalue weighted by atomic mass is 16.6. The van der Waals surface area contributed by atoms with Crippen molar-refractivity contribution < 1.29 is 19.3 Å². The Labute approximate surface area is 173 Å². The maximum absolute atomic E-state index is 12.2. The van der Waals surface area contributed by atoms with Gasteiger partial charge in [0.2, 0.25) is 11.8 Å². The van der Waals surface area contributed by atoms with Crippen molar-refractivity contribution in [3.8, 4) is 0 Å². The summed E-state index contributed by atoms with van der Waals surface area (Å²) < 4.78 is 0. The van der Waals surface area contributed by atoms with Gasteiger partial charge in [-0.05, 0) is 30.7 Å². The van der Waals surface area contributed by atoms with E-state index in [0.29, 0.717) is 24.2 Å². The number of primary amides is 1. The number of anilines is 2. The van der Waals surface area contributed by atoms with E-state index >= 15 is 0 Å². The molecule has 10 heteroatoms. The first-order valence-corrected chi connectivity index (χ1v) is 9.30. The molecule has 158 valence electrons. The number of benzene rings is 2. The highest BCUT2D eigenvalue weighted by Gasteiger charge is 2.13. The van der Waals surface area contributed by atoms with Crippen molar-refractivity contribution in [2.24, 2.45) is 5.73 Å². The van der Waals surface area contributed by atoms with Gasteiger partial charge in [-0.2, -0.15) is 0 Å². The fraction of sp³-hybridized carbons (Fsp3) is 0.250. The summed E-state index contributed by atoms with van der Waals surface area (Å²) in [6.45, 7) is 0.616. The van der Waals surface area contributed by atoms with Crippen LogP contribution < -0.4 is 21.7 Å². The average molecular weight is 413 g/mol. The molecule has 0 heterocycles. The predicted molar refractivity (Wildman–Crippen MR) is 112 cm³/mol. The number of carbonyl (C=O) groups excluding carboxylic acids is 3. The summed E-state index contributed by atoms with van der Waals surface area (Å²) in [4.78, 5) is 45.4. The van der Waals surface area contributed by atoms with E-state index in [4.69, 9.17) is 5.73 Å². The van der Waals surface area contributed by atoms with E-state index in [1.54, 1.807) is 36.4 Å². The van der Waals surface area contributed by atoms with Crippen LogP contribution in [0.4, 0.5) is 17.1 Å². The van der Waals surface area contributed by atoms with Gasteiger partial charge in [-0.15, -0.1) is 0 Å².